The molecule has 1 aliphatic rings. The molecular formula is C55H38N2O. The number of furan rings is 1. The zero-order chi connectivity index (χ0) is 38.5. The monoisotopic (exact) mass is 742 g/mol. The van der Waals surface area contributed by atoms with Gasteiger partial charge in [0.1, 0.15) is 11.2 Å². The van der Waals surface area contributed by atoms with Crippen LogP contribution in [0.5, 0.6) is 0 Å². The van der Waals surface area contributed by atoms with Gasteiger partial charge in [0.2, 0.25) is 0 Å². The summed E-state index contributed by atoms with van der Waals surface area (Å²) in [5, 5.41) is 7.07. The second-order valence-electron chi connectivity index (χ2n) is 16.1. The van der Waals surface area contributed by atoms with Crippen LogP contribution in [0.2, 0.25) is 0 Å². The van der Waals surface area contributed by atoms with Gasteiger partial charge in [-0.15, -0.1) is 0 Å². The second-order valence-corrected chi connectivity index (χ2v) is 16.1. The van der Waals surface area contributed by atoms with E-state index >= 15 is 0 Å². The van der Waals surface area contributed by atoms with Crippen LogP contribution in [0.25, 0.3) is 82.5 Å². The van der Waals surface area contributed by atoms with Crippen LogP contribution in [0.15, 0.2) is 199 Å². The summed E-state index contributed by atoms with van der Waals surface area (Å²) in [5.41, 5.74) is 16.2. The number of aromatic nitrogens is 1. The molecule has 0 amide bonds. The highest BCUT2D eigenvalue weighted by Gasteiger charge is 2.36. The van der Waals surface area contributed by atoms with Crippen LogP contribution in [-0.2, 0) is 5.41 Å². The van der Waals surface area contributed by atoms with E-state index in [1.54, 1.807) is 0 Å². The van der Waals surface area contributed by atoms with E-state index in [0.717, 1.165) is 61.3 Å². The Morgan fingerprint density at radius 1 is 0.466 bits per heavy atom. The average molecular weight is 743 g/mol. The van der Waals surface area contributed by atoms with Crippen molar-refractivity contribution in [3.8, 4) is 27.9 Å². The molecule has 12 rings (SSSR count). The third-order valence-electron chi connectivity index (χ3n) is 12.5. The molecule has 0 unspecified atom stereocenters. The fraction of sp³-hybridized carbons (Fsp3) is 0.0545. The number of hydrogen-bond donors (Lipinski definition) is 0. The number of anilines is 3. The van der Waals surface area contributed by atoms with Crippen molar-refractivity contribution in [3.63, 3.8) is 0 Å². The summed E-state index contributed by atoms with van der Waals surface area (Å²) < 4.78 is 8.86. The minimum absolute atomic E-state index is 0.139. The fourth-order valence-corrected chi connectivity index (χ4v) is 9.90. The van der Waals surface area contributed by atoms with Gasteiger partial charge < -0.3 is 13.9 Å². The molecule has 0 N–H and O–H groups in total. The van der Waals surface area contributed by atoms with Crippen LogP contribution in [0.1, 0.15) is 25.0 Å². The lowest BCUT2D eigenvalue weighted by Crippen LogP contribution is -2.16. The molecule has 0 fully saturated rings. The lowest BCUT2D eigenvalue weighted by atomic mass is 9.82. The first-order chi connectivity index (χ1) is 28.5. The van der Waals surface area contributed by atoms with Gasteiger partial charge in [-0.2, -0.15) is 0 Å². The van der Waals surface area contributed by atoms with Gasteiger partial charge in [-0.1, -0.05) is 141 Å². The molecule has 3 heteroatoms. The van der Waals surface area contributed by atoms with Gasteiger partial charge in [0.25, 0.3) is 0 Å². The number of rotatable bonds is 5. The summed E-state index contributed by atoms with van der Waals surface area (Å²) in [4.78, 5) is 2.49. The topological polar surface area (TPSA) is 21.3 Å². The lowest BCUT2D eigenvalue weighted by molar-refractivity contribution is 0.660. The standard InChI is InChI=1S/C55H38N2O/c1-55(2)46-25-13-11-22-42(46)43-30-29-39(34-47(43)55)56(37-17-5-3-6-18-37)49-33-35-16-9-10-21-41(35)54-53(49)45-32-36(28-31-48(45)57(54)38-19-7-4-8-20-38)40-24-15-27-51-52(40)44-23-12-14-26-50(44)58-51/h3-34H,1-2H3. The highest BCUT2D eigenvalue weighted by atomic mass is 16.3. The zero-order valence-electron chi connectivity index (χ0n) is 32.3. The van der Waals surface area contributed by atoms with Crippen LogP contribution in [0.4, 0.5) is 17.1 Å². The van der Waals surface area contributed by atoms with Gasteiger partial charge in [0.05, 0.1) is 16.7 Å². The van der Waals surface area contributed by atoms with E-state index in [4.69, 9.17) is 4.42 Å². The Labute approximate surface area is 336 Å². The van der Waals surface area contributed by atoms with E-state index in [2.05, 4.69) is 211 Å². The van der Waals surface area contributed by atoms with Crippen molar-refractivity contribution in [2.45, 2.75) is 19.3 Å². The lowest BCUT2D eigenvalue weighted by Gasteiger charge is -2.29. The number of para-hydroxylation sites is 3. The number of nitrogens with zero attached hydrogens (tertiary/aromatic N) is 2. The van der Waals surface area contributed by atoms with Crippen LogP contribution in [-0.4, -0.2) is 4.57 Å². The minimum atomic E-state index is -0.139. The molecule has 58 heavy (non-hydrogen) atoms. The average Bonchev–Trinajstić information content (AvgIpc) is 3.90. The summed E-state index contributed by atoms with van der Waals surface area (Å²) in [5.74, 6) is 0. The van der Waals surface area contributed by atoms with Crippen molar-refractivity contribution in [2.75, 3.05) is 4.90 Å². The molecule has 0 aliphatic heterocycles. The molecule has 0 saturated heterocycles. The summed E-state index contributed by atoms with van der Waals surface area (Å²) in [6.07, 6.45) is 0. The van der Waals surface area contributed by atoms with Gasteiger partial charge in [-0.05, 0) is 105 Å². The van der Waals surface area contributed by atoms with E-state index in [0.29, 0.717) is 0 Å². The maximum atomic E-state index is 6.39. The Kier molecular flexibility index (Phi) is 6.98. The molecule has 0 saturated carbocycles. The maximum Gasteiger partial charge on any atom is 0.136 e. The molecule has 2 aromatic heterocycles. The summed E-state index contributed by atoms with van der Waals surface area (Å²) in [7, 11) is 0. The largest absolute Gasteiger partial charge is 0.456 e. The molecule has 0 atom stereocenters. The number of fused-ring (bicyclic) bond motifs is 11. The predicted octanol–water partition coefficient (Wildman–Crippen LogP) is 15.3. The Bertz CT molecular complexity index is 3430. The Hall–Kier alpha value is -7.36. The SMILES string of the molecule is CC1(C)c2ccccc2-c2ccc(N(c3ccccc3)c3cc4ccccc4c4c3c3cc(-c5cccc6oc7ccccc7c56)ccc3n4-c3ccccc3)cc21. The molecule has 2 heterocycles. The zero-order valence-corrected chi connectivity index (χ0v) is 32.3. The van der Waals surface area contributed by atoms with Crippen LogP contribution < -0.4 is 4.90 Å². The predicted molar refractivity (Wildman–Crippen MR) is 243 cm³/mol. The molecule has 0 bridgehead atoms. The van der Waals surface area contributed by atoms with Crippen molar-refractivity contribution < 1.29 is 4.42 Å². The van der Waals surface area contributed by atoms with Crippen LogP contribution >= 0.6 is 0 Å². The van der Waals surface area contributed by atoms with Crippen molar-refractivity contribution in [1.29, 1.82) is 0 Å². The molecule has 11 aromatic rings. The van der Waals surface area contributed by atoms with E-state index in [1.807, 2.05) is 6.07 Å². The molecule has 3 nitrogen and oxygen atoms in total. The fourth-order valence-electron chi connectivity index (χ4n) is 9.90. The Morgan fingerprint density at radius 2 is 1.16 bits per heavy atom. The second kappa shape index (κ2) is 12.3. The molecule has 274 valence electrons. The quantitative estimate of drug-likeness (QED) is 0.175. The van der Waals surface area contributed by atoms with Gasteiger partial charge >= 0.3 is 0 Å². The first kappa shape index (κ1) is 32.8. The Morgan fingerprint density at radius 3 is 2.02 bits per heavy atom. The smallest absolute Gasteiger partial charge is 0.136 e. The first-order valence-electron chi connectivity index (χ1n) is 20.1. The summed E-state index contributed by atoms with van der Waals surface area (Å²) in [6.45, 7) is 4.72. The van der Waals surface area contributed by atoms with Crippen molar-refractivity contribution in [3.05, 3.63) is 205 Å². The first-order valence-corrected chi connectivity index (χ1v) is 20.1. The van der Waals surface area contributed by atoms with Gasteiger partial charge in [-0.3, -0.25) is 0 Å². The third kappa shape index (κ3) is 4.68. The minimum Gasteiger partial charge on any atom is -0.456 e. The van der Waals surface area contributed by atoms with Gasteiger partial charge in [-0.25, -0.2) is 0 Å². The van der Waals surface area contributed by atoms with Crippen molar-refractivity contribution in [1.82, 2.24) is 4.57 Å². The van der Waals surface area contributed by atoms with Crippen LogP contribution in [0.3, 0.4) is 0 Å². The van der Waals surface area contributed by atoms with E-state index < -0.39 is 0 Å². The number of hydrogen-bond acceptors (Lipinski definition) is 2. The van der Waals surface area contributed by atoms with E-state index in [1.165, 1.54) is 49.3 Å². The van der Waals surface area contributed by atoms with E-state index in [-0.39, 0.29) is 5.41 Å². The molecule has 9 aromatic carbocycles. The highest BCUT2D eigenvalue weighted by Crippen LogP contribution is 2.52. The van der Waals surface area contributed by atoms with Crippen molar-refractivity contribution >= 4 is 71.6 Å². The maximum absolute atomic E-state index is 6.39. The van der Waals surface area contributed by atoms with E-state index in [9.17, 15) is 0 Å². The van der Waals surface area contributed by atoms with Gasteiger partial charge in [0.15, 0.2) is 0 Å². The number of benzene rings is 9. The van der Waals surface area contributed by atoms with Crippen molar-refractivity contribution in [2.24, 2.45) is 0 Å². The normalized spacial score (nSPS) is 13.1. The molecule has 1 aliphatic carbocycles. The van der Waals surface area contributed by atoms with Gasteiger partial charge in [0, 0.05) is 49.4 Å². The summed E-state index contributed by atoms with van der Waals surface area (Å²) >= 11 is 0. The molecule has 0 radical (unpaired) electrons. The summed E-state index contributed by atoms with van der Waals surface area (Å²) in [6, 6.07) is 70.8. The van der Waals surface area contributed by atoms with Crippen LogP contribution in [0, 0.1) is 0 Å². The Balaban J connectivity index is 1.21. The molecular weight excluding hydrogens is 705 g/mol. The molecule has 0 spiro atoms. The highest BCUT2D eigenvalue weighted by molar-refractivity contribution is 6.25. The third-order valence-corrected chi connectivity index (χ3v) is 12.5.